The number of pyridine rings is 2. The summed E-state index contributed by atoms with van der Waals surface area (Å²) in [6, 6.07) is 16.9. The summed E-state index contributed by atoms with van der Waals surface area (Å²) in [5.74, 6) is 0. The van der Waals surface area contributed by atoms with E-state index in [0.29, 0.717) is 0 Å². The molecule has 0 saturated carbocycles. The largest absolute Gasteiger partial charge is 0.316 e. The van der Waals surface area contributed by atoms with E-state index in [4.69, 9.17) is 0 Å². The van der Waals surface area contributed by atoms with Crippen molar-refractivity contribution in [2.24, 2.45) is 0 Å². The third-order valence-corrected chi connectivity index (χ3v) is 5.25. The molecule has 3 aromatic rings. The highest BCUT2D eigenvalue weighted by Gasteiger charge is 2.48. The first kappa shape index (κ1) is 13.7. The summed E-state index contributed by atoms with van der Waals surface area (Å²) in [6.07, 6.45) is 12.2. The first-order valence-corrected chi connectivity index (χ1v) is 8.72. The third-order valence-electron chi connectivity index (χ3n) is 5.25. The Morgan fingerprint density at radius 3 is 2.77 bits per heavy atom. The standard InChI is InChI=1S/C22H15N4/c1-2-6-15(7-3-1)25-19-9-4-8-16-21-18(10-5-12-24-21)26(22(16)19)17-11-13-23-14-20(17)25/h1-14,22H/q+1. The van der Waals surface area contributed by atoms with Gasteiger partial charge in [-0.25, -0.2) is 0 Å². The molecule has 3 aliphatic rings. The van der Waals surface area contributed by atoms with Gasteiger partial charge in [0.05, 0.1) is 11.4 Å². The van der Waals surface area contributed by atoms with Crippen molar-refractivity contribution in [2.45, 2.75) is 6.04 Å². The van der Waals surface area contributed by atoms with Gasteiger partial charge >= 0.3 is 0 Å². The second-order valence-corrected chi connectivity index (χ2v) is 6.59. The fourth-order valence-corrected chi connectivity index (χ4v) is 4.25. The minimum Gasteiger partial charge on any atom is -0.316 e. The second-order valence-electron chi connectivity index (χ2n) is 6.59. The number of aromatic nitrogens is 2. The average Bonchev–Trinajstić information content (AvgIpc) is 3.05. The van der Waals surface area contributed by atoms with Gasteiger partial charge in [-0.05, 0) is 18.2 Å². The van der Waals surface area contributed by atoms with Crippen LogP contribution < -0.4 is 9.48 Å². The Labute approximate surface area is 151 Å². The lowest BCUT2D eigenvalue weighted by Gasteiger charge is -2.32. The molecule has 6 rings (SSSR count). The molecule has 2 aliphatic heterocycles. The number of nitrogens with zero attached hydrogens (tertiary/aromatic N) is 4. The van der Waals surface area contributed by atoms with Gasteiger partial charge in [0.25, 0.3) is 5.69 Å². The lowest BCUT2D eigenvalue weighted by molar-refractivity contribution is 0.923. The van der Waals surface area contributed by atoms with Gasteiger partial charge < -0.3 is 4.90 Å². The maximum Gasteiger partial charge on any atom is 0.253 e. The minimum atomic E-state index is 0.139. The molecule has 4 nitrogen and oxygen atoms in total. The molecule has 0 radical (unpaired) electrons. The number of allylic oxidation sites excluding steroid dienone is 2. The average molecular weight is 335 g/mol. The molecule has 4 heteroatoms. The summed E-state index contributed by atoms with van der Waals surface area (Å²) in [6.45, 7) is 0. The third kappa shape index (κ3) is 1.66. The molecule has 1 atom stereocenters. The lowest BCUT2D eigenvalue weighted by atomic mass is 9.94. The van der Waals surface area contributed by atoms with Crippen LogP contribution in [0.1, 0.15) is 5.69 Å². The van der Waals surface area contributed by atoms with Gasteiger partial charge in [0.2, 0.25) is 11.4 Å². The Kier molecular flexibility index (Phi) is 2.63. The molecule has 1 unspecified atom stereocenters. The molecule has 0 spiro atoms. The summed E-state index contributed by atoms with van der Waals surface area (Å²) in [4.78, 5) is 11.5. The highest BCUT2D eigenvalue weighted by atomic mass is 15.3. The van der Waals surface area contributed by atoms with Gasteiger partial charge in [0, 0.05) is 36.2 Å². The molecule has 1 aliphatic carbocycles. The molecule has 1 aromatic carbocycles. The summed E-state index contributed by atoms with van der Waals surface area (Å²) < 4.78 is 2.32. The molecule has 0 N–H and O–H groups in total. The smallest absolute Gasteiger partial charge is 0.253 e. The van der Waals surface area contributed by atoms with Crippen LogP contribution in [0.2, 0.25) is 0 Å². The Hall–Kier alpha value is -3.53. The summed E-state index contributed by atoms with van der Waals surface area (Å²) in [5, 5.41) is 0. The van der Waals surface area contributed by atoms with E-state index in [-0.39, 0.29) is 6.04 Å². The fourth-order valence-electron chi connectivity index (χ4n) is 4.25. The summed E-state index contributed by atoms with van der Waals surface area (Å²) in [5.41, 5.74) is 8.10. The Bertz CT molecular complexity index is 1140. The van der Waals surface area contributed by atoms with Gasteiger partial charge in [-0.2, -0.15) is 4.58 Å². The van der Waals surface area contributed by atoms with Crippen LogP contribution >= 0.6 is 0 Å². The molecule has 122 valence electrons. The number of rotatable bonds is 1. The molecule has 0 bridgehead atoms. The van der Waals surface area contributed by atoms with Crippen LogP contribution in [0.3, 0.4) is 0 Å². The van der Waals surface area contributed by atoms with Crippen molar-refractivity contribution < 1.29 is 0 Å². The van der Waals surface area contributed by atoms with Crippen LogP contribution in [0, 0.1) is 0 Å². The van der Waals surface area contributed by atoms with Gasteiger partial charge in [-0.15, -0.1) is 0 Å². The molecular formula is C22H15N4+. The number of hydrogen-bond donors (Lipinski definition) is 0. The quantitative estimate of drug-likeness (QED) is 0.624. The van der Waals surface area contributed by atoms with Crippen molar-refractivity contribution in [3.05, 3.63) is 91.0 Å². The SMILES string of the molecule is C1=CC2=[N+](c3ccccc3)c3cnccc3N3c4cccnc4C(=C1)C23. The number of anilines is 2. The number of para-hydroxylation sites is 1. The first-order chi connectivity index (χ1) is 12.9. The zero-order chi connectivity index (χ0) is 17.1. The molecule has 0 amide bonds. The number of benzene rings is 1. The van der Waals surface area contributed by atoms with Crippen molar-refractivity contribution in [3.8, 4) is 0 Å². The predicted octanol–water partition coefficient (Wildman–Crippen LogP) is 4.24. The van der Waals surface area contributed by atoms with E-state index in [0.717, 1.165) is 28.4 Å². The van der Waals surface area contributed by atoms with Crippen LogP contribution in [0.5, 0.6) is 0 Å². The lowest BCUT2D eigenvalue weighted by Crippen LogP contribution is -2.43. The van der Waals surface area contributed by atoms with Crippen molar-refractivity contribution in [1.82, 2.24) is 14.5 Å². The van der Waals surface area contributed by atoms with Gasteiger partial charge in [0.15, 0.2) is 0 Å². The van der Waals surface area contributed by atoms with Crippen molar-refractivity contribution in [2.75, 3.05) is 4.90 Å². The van der Waals surface area contributed by atoms with E-state index in [1.807, 2.05) is 30.7 Å². The first-order valence-electron chi connectivity index (χ1n) is 8.72. The highest BCUT2D eigenvalue weighted by Crippen LogP contribution is 2.50. The van der Waals surface area contributed by atoms with Crippen LogP contribution in [0.25, 0.3) is 5.57 Å². The van der Waals surface area contributed by atoms with Gasteiger partial charge in [0.1, 0.15) is 17.9 Å². The van der Waals surface area contributed by atoms with Crippen LogP contribution in [-0.4, -0.2) is 21.7 Å². The number of hydrogen-bond acceptors (Lipinski definition) is 3. The minimum absolute atomic E-state index is 0.139. The molecule has 0 fully saturated rings. The predicted molar refractivity (Wildman–Crippen MR) is 104 cm³/mol. The second kappa shape index (κ2) is 4.99. The zero-order valence-corrected chi connectivity index (χ0v) is 13.9. The monoisotopic (exact) mass is 335 g/mol. The Balaban J connectivity index is 1.73. The Morgan fingerprint density at radius 2 is 1.85 bits per heavy atom. The van der Waals surface area contributed by atoms with Crippen LogP contribution in [0.4, 0.5) is 22.7 Å². The molecule has 0 saturated heterocycles. The maximum absolute atomic E-state index is 4.68. The van der Waals surface area contributed by atoms with E-state index in [9.17, 15) is 0 Å². The molecule has 2 aromatic heterocycles. The van der Waals surface area contributed by atoms with Crippen molar-refractivity contribution in [1.29, 1.82) is 0 Å². The van der Waals surface area contributed by atoms with Gasteiger partial charge in [-0.3, -0.25) is 9.97 Å². The van der Waals surface area contributed by atoms with E-state index in [1.54, 1.807) is 0 Å². The summed E-state index contributed by atoms with van der Waals surface area (Å²) in [7, 11) is 0. The van der Waals surface area contributed by atoms with E-state index < -0.39 is 0 Å². The molecule has 26 heavy (non-hydrogen) atoms. The number of fused-ring (bicyclic) bond motifs is 5. The van der Waals surface area contributed by atoms with Crippen LogP contribution in [-0.2, 0) is 0 Å². The van der Waals surface area contributed by atoms with Crippen LogP contribution in [0.15, 0.2) is 85.3 Å². The topological polar surface area (TPSA) is 32.0 Å². The van der Waals surface area contributed by atoms with Gasteiger partial charge in [-0.1, -0.05) is 30.4 Å². The highest BCUT2D eigenvalue weighted by molar-refractivity contribution is 6.20. The van der Waals surface area contributed by atoms with Crippen molar-refractivity contribution in [3.63, 3.8) is 0 Å². The normalized spacial score (nSPS) is 19.0. The zero-order valence-electron chi connectivity index (χ0n) is 13.9. The Morgan fingerprint density at radius 1 is 0.923 bits per heavy atom. The van der Waals surface area contributed by atoms with E-state index in [2.05, 4.69) is 74.1 Å². The molecule has 4 heterocycles. The van der Waals surface area contributed by atoms with E-state index >= 15 is 0 Å². The summed E-state index contributed by atoms with van der Waals surface area (Å²) >= 11 is 0. The van der Waals surface area contributed by atoms with Crippen molar-refractivity contribution >= 4 is 34.0 Å². The van der Waals surface area contributed by atoms with E-state index in [1.165, 1.54) is 11.3 Å². The fraction of sp³-hybridized carbons (Fsp3) is 0.0455. The molecular weight excluding hydrogens is 320 g/mol. The maximum atomic E-state index is 4.68.